The molecule has 0 bridgehead atoms. The van der Waals surface area contributed by atoms with E-state index in [-0.39, 0.29) is 24.0 Å². The lowest BCUT2D eigenvalue weighted by molar-refractivity contribution is -0.119. The Kier molecular flexibility index (Phi) is 4.92. The van der Waals surface area contributed by atoms with Gasteiger partial charge in [-0.1, -0.05) is 42.5 Å². The van der Waals surface area contributed by atoms with Gasteiger partial charge in [-0.25, -0.2) is 0 Å². The van der Waals surface area contributed by atoms with Gasteiger partial charge in [-0.2, -0.15) is 5.26 Å². The van der Waals surface area contributed by atoms with Crippen LogP contribution in [-0.2, 0) is 22.4 Å². The lowest BCUT2D eigenvalue weighted by atomic mass is 9.77. The summed E-state index contributed by atoms with van der Waals surface area (Å²) in [6, 6.07) is 16.8. The number of Topliss-reactive ketones (excluding diaryl/α,β-unsaturated/α-hetero) is 1. The van der Waals surface area contributed by atoms with Gasteiger partial charge in [-0.05, 0) is 60.4 Å². The van der Waals surface area contributed by atoms with Gasteiger partial charge in [0.05, 0.1) is 5.56 Å². The summed E-state index contributed by atoms with van der Waals surface area (Å²) in [4.78, 5) is 29.9. The first kappa shape index (κ1) is 20.4. The first-order valence-electron chi connectivity index (χ1n) is 11.8. The number of ketones is 1. The number of hydrogen-bond donors (Lipinski definition) is 0. The summed E-state index contributed by atoms with van der Waals surface area (Å²) in [7, 11) is 0. The number of carbonyl (C=O) groups excluding carboxylic acids is 2. The molecule has 33 heavy (non-hydrogen) atoms. The third-order valence-corrected chi connectivity index (χ3v) is 8.60. The average molecular weight is 453 g/mol. The van der Waals surface area contributed by atoms with E-state index in [9.17, 15) is 14.9 Å². The molecular weight excluding hydrogens is 428 g/mol. The lowest BCUT2D eigenvalue weighted by Crippen LogP contribution is -2.40. The van der Waals surface area contributed by atoms with Gasteiger partial charge in [0.15, 0.2) is 5.78 Å². The van der Waals surface area contributed by atoms with Crippen molar-refractivity contribution in [2.45, 2.75) is 57.3 Å². The fourth-order valence-corrected chi connectivity index (χ4v) is 7.14. The summed E-state index contributed by atoms with van der Waals surface area (Å²) in [5, 5.41) is 13.0. The van der Waals surface area contributed by atoms with Crippen LogP contribution in [0.4, 0.5) is 5.00 Å². The van der Waals surface area contributed by atoms with Gasteiger partial charge < -0.3 is 0 Å². The number of amides is 1. The third-order valence-electron chi connectivity index (χ3n) is 7.32. The van der Waals surface area contributed by atoms with Gasteiger partial charge in [0, 0.05) is 34.9 Å². The van der Waals surface area contributed by atoms with Crippen molar-refractivity contribution in [3.8, 4) is 6.07 Å². The van der Waals surface area contributed by atoms with E-state index in [0.29, 0.717) is 18.4 Å². The second kappa shape index (κ2) is 7.97. The predicted octanol–water partition coefficient (Wildman–Crippen LogP) is 6.18. The van der Waals surface area contributed by atoms with Crippen LogP contribution in [0.25, 0.3) is 10.8 Å². The summed E-state index contributed by atoms with van der Waals surface area (Å²) in [6.07, 6.45) is 6.32. The fourth-order valence-electron chi connectivity index (χ4n) is 5.76. The molecule has 1 amide bonds. The highest BCUT2D eigenvalue weighted by Crippen LogP contribution is 2.48. The number of nitrogens with zero attached hydrogens (tertiary/aromatic N) is 2. The van der Waals surface area contributed by atoms with Crippen molar-refractivity contribution >= 4 is 38.8 Å². The molecule has 1 aliphatic heterocycles. The molecule has 0 radical (unpaired) electrons. The average Bonchev–Trinajstić information content (AvgIpc) is 3.21. The van der Waals surface area contributed by atoms with Gasteiger partial charge in [0.2, 0.25) is 5.91 Å². The molecule has 0 spiro atoms. The van der Waals surface area contributed by atoms with Crippen LogP contribution in [0.5, 0.6) is 0 Å². The topological polar surface area (TPSA) is 61.2 Å². The molecular formula is C28H24N2O2S. The SMILES string of the molecule is N#Cc1c(N2C(=O)C[C@@H](c3ccc4ccccc4c3)C3=C2CCCC3=O)sc2c1CCCC2. The van der Waals surface area contributed by atoms with E-state index in [4.69, 9.17) is 0 Å². The zero-order chi connectivity index (χ0) is 22.5. The van der Waals surface area contributed by atoms with Crippen molar-refractivity contribution in [3.05, 3.63) is 75.3 Å². The van der Waals surface area contributed by atoms with E-state index in [2.05, 4.69) is 36.4 Å². The van der Waals surface area contributed by atoms with Crippen LogP contribution < -0.4 is 4.90 Å². The van der Waals surface area contributed by atoms with Gasteiger partial charge in [0.1, 0.15) is 11.1 Å². The largest absolute Gasteiger partial charge is 0.294 e. The number of allylic oxidation sites excluding steroid dienone is 2. The smallest absolute Gasteiger partial charge is 0.232 e. The van der Waals surface area contributed by atoms with Gasteiger partial charge in [-0.3, -0.25) is 14.5 Å². The fraction of sp³-hybridized carbons (Fsp3) is 0.321. The Morgan fingerprint density at radius 3 is 2.61 bits per heavy atom. The van der Waals surface area contributed by atoms with Crippen LogP contribution in [0, 0.1) is 11.3 Å². The maximum atomic E-state index is 13.7. The van der Waals surface area contributed by atoms with Crippen molar-refractivity contribution in [1.82, 2.24) is 0 Å². The number of fused-ring (bicyclic) bond motifs is 2. The van der Waals surface area contributed by atoms with Crippen molar-refractivity contribution < 1.29 is 9.59 Å². The molecule has 5 heteroatoms. The minimum Gasteiger partial charge on any atom is -0.294 e. The predicted molar refractivity (Wildman–Crippen MR) is 130 cm³/mol. The van der Waals surface area contributed by atoms with Crippen LogP contribution in [0.1, 0.15) is 66.0 Å². The molecule has 0 unspecified atom stereocenters. The molecule has 1 aromatic heterocycles. The quantitative estimate of drug-likeness (QED) is 0.466. The summed E-state index contributed by atoms with van der Waals surface area (Å²) >= 11 is 1.59. The van der Waals surface area contributed by atoms with Crippen molar-refractivity contribution in [2.75, 3.05) is 4.90 Å². The molecule has 1 atom stereocenters. The highest BCUT2D eigenvalue weighted by atomic mass is 32.1. The molecule has 3 aromatic rings. The molecule has 6 rings (SSSR count). The molecule has 4 nitrogen and oxygen atoms in total. The van der Waals surface area contributed by atoms with Crippen molar-refractivity contribution in [1.29, 1.82) is 5.26 Å². The zero-order valence-electron chi connectivity index (χ0n) is 18.4. The molecule has 164 valence electrons. The van der Waals surface area contributed by atoms with E-state index in [1.54, 1.807) is 16.2 Å². The first-order valence-corrected chi connectivity index (χ1v) is 12.6. The van der Waals surface area contributed by atoms with E-state index in [1.807, 2.05) is 12.1 Å². The highest BCUT2D eigenvalue weighted by molar-refractivity contribution is 7.16. The Hall–Kier alpha value is -3.23. The second-order valence-electron chi connectivity index (χ2n) is 9.23. The first-order chi connectivity index (χ1) is 16.2. The molecule has 0 saturated carbocycles. The minimum absolute atomic E-state index is 0.00305. The van der Waals surface area contributed by atoms with Crippen LogP contribution in [-0.4, -0.2) is 11.7 Å². The Labute approximate surface area is 197 Å². The number of hydrogen-bond acceptors (Lipinski definition) is 4. The van der Waals surface area contributed by atoms with E-state index < -0.39 is 0 Å². The standard InChI is InChI=1S/C28H24N2O2S/c29-16-22-20-8-3-4-11-25(20)33-28(22)30-23-9-5-10-24(31)27(23)21(15-26(30)32)19-13-12-17-6-1-2-7-18(17)14-19/h1-2,6-7,12-14,21H,3-5,8-11,15H2/t21-/m0/s1. The van der Waals surface area contributed by atoms with Crippen LogP contribution >= 0.6 is 11.3 Å². The van der Waals surface area contributed by atoms with Crippen molar-refractivity contribution in [3.63, 3.8) is 0 Å². The highest BCUT2D eigenvalue weighted by Gasteiger charge is 2.41. The van der Waals surface area contributed by atoms with Crippen molar-refractivity contribution in [2.24, 2.45) is 0 Å². The van der Waals surface area contributed by atoms with Crippen LogP contribution in [0.2, 0.25) is 0 Å². The van der Waals surface area contributed by atoms with Gasteiger partial charge >= 0.3 is 0 Å². The maximum absolute atomic E-state index is 13.7. The molecule has 2 aromatic carbocycles. The van der Waals surface area contributed by atoms with Gasteiger partial charge in [-0.15, -0.1) is 11.3 Å². The number of benzene rings is 2. The third kappa shape index (κ3) is 3.24. The van der Waals surface area contributed by atoms with E-state index >= 15 is 0 Å². The Bertz CT molecular complexity index is 1390. The maximum Gasteiger partial charge on any atom is 0.232 e. The summed E-state index contributed by atoms with van der Waals surface area (Å²) in [6.45, 7) is 0. The summed E-state index contributed by atoms with van der Waals surface area (Å²) in [5.41, 5.74) is 4.41. The van der Waals surface area contributed by atoms with Crippen LogP contribution in [0.15, 0.2) is 53.7 Å². The molecule has 3 aliphatic rings. The molecule has 0 fully saturated rings. The number of aryl methyl sites for hydroxylation is 1. The lowest BCUT2D eigenvalue weighted by Gasteiger charge is -2.38. The van der Waals surface area contributed by atoms with Gasteiger partial charge in [0.25, 0.3) is 0 Å². The normalized spacial score (nSPS) is 20.6. The minimum atomic E-state index is -0.221. The molecule has 2 aliphatic carbocycles. The number of carbonyl (C=O) groups is 2. The number of nitriles is 1. The van der Waals surface area contributed by atoms with E-state index in [0.717, 1.165) is 70.3 Å². The molecule has 2 heterocycles. The Balaban J connectivity index is 1.51. The number of anilines is 1. The van der Waals surface area contributed by atoms with Crippen LogP contribution in [0.3, 0.4) is 0 Å². The summed E-state index contributed by atoms with van der Waals surface area (Å²) < 4.78 is 0. The summed E-state index contributed by atoms with van der Waals surface area (Å²) in [5.74, 6) is -0.0790. The number of thiophene rings is 1. The number of rotatable bonds is 2. The van der Waals surface area contributed by atoms with E-state index in [1.165, 1.54) is 4.88 Å². The molecule has 0 saturated heterocycles. The molecule has 0 N–H and O–H groups in total. The Morgan fingerprint density at radius 1 is 0.939 bits per heavy atom. The zero-order valence-corrected chi connectivity index (χ0v) is 19.2. The monoisotopic (exact) mass is 452 g/mol. The second-order valence-corrected chi connectivity index (χ2v) is 10.3. The Morgan fingerprint density at radius 2 is 1.76 bits per heavy atom.